The van der Waals surface area contributed by atoms with Crippen molar-refractivity contribution in [2.24, 2.45) is 23.5 Å². The molecule has 16 heavy (non-hydrogen) atoms. The van der Waals surface area contributed by atoms with E-state index in [1.54, 1.807) is 0 Å². The Kier molecular flexibility index (Phi) is 3.82. The zero-order valence-electron chi connectivity index (χ0n) is 9.60. The lowest BCUT2D eigenvalue weighted by atomic mass is 9.79. The van der Waals surface area contributed by atoms with E-state index < -0.39 is 12.0 Å². The molecule has 2 fully saturated rings. The minimum Gasteiger partial charge on any atom is -0.383 e. The number of rotatable bonds is 5. The van der Waals surface area contributed by atoms with E-state index in [1.165, 1.54) is 12.8 Å². The van der Waals surface area contributed by atoms with Crippen LogP contribution in [-0.4, -0.2) is 30.3 Å². The number of amides is 1. The van der Waals surface area contributed by atoms with Crippen molar-refractivity contribution in [1.29, 1.82) is 0 Å². The minimum absolute atomic E-state index is 0.0499. The van der Waals surface area contributed by atoms with Crippen LogP contribution in [0, 0.1) is 17.8 Å². The number of hydrogen-bond acceptors (Lipinski definition) is 3. The van der Waals surface area contributed by atoms with Gasteiger partial charge in [0.25, 0.3) is 0 Å². The molecule has 1 saturated carbocycles. The predicted molar refractivity (Wildman–Crippen MR) is 59.6 cm³/mol. The number of primary amides is 1. The summed E-state index contributed by atoms with van der Waals surface area (Å²) in [6, 6.07) is 0. The summed E-state index contributed by atoms with van der Waals surface area (Å²) < 4.78 is 5.31. The van der Waals surface area contributed by atoms with E-state index in [1.807, 2.05) is 0 Å². The van der Waals surface area contributed by atoms with E-state index in [0.717, 1.165) is 32.5 Å². The summed E-state index contributed by atoms with van der Waals surface area (Å²) in [6.45, 7) is 1.49. The van der Waals surface area contributed by atoms with Crippen LogP contribution in [-0.2, 0) is 9.53 Å². The Hall–Kier alpha value is -0.610. The number of carbonyl (C=O) groups excluding carboxylic acids is 1. The van der Waals surface area contributed by atoms with Crippen LogP contribution in [0.2, 0.25) is 0 Å². The Labute approximate surface area is 96.2 Å². The van der Waals surface area contributed by atoms with Crippen molar-refractivity contribution >= 4 is 5.91 Å². The van der Waals surface area contributed by atoms with Gasteiger partial charge in [-0.2, -0.15) is 0 Å². The van der Waals surface area contributed by atoms with Crippen molar-refractivity contribution in [2.75, 3.05) is 13.2 Å². The fourth-order valence-corrected chi connectivity index (χ4v) is 2.67. The summed E-state index contributed by atoms with van der Waals surface area (Å²) in [7, 11) is 0. The Balaban J connectivity index is 1.96. The number of aliphatic hydroxyl groups excluding tert-OH is 1. The maximum atomic E-state index is 11.1. The average molecular weight is 227 g/mol. The molecule has 1 amide bonds. The number of carbonyl (C=O) groups is 1. The predicted octanol–water partition coefficient (Wildman–Crippen LogP) is 0.675. The van der Waals surface area contributed by atoms with E-state index in [2.05, 4.69) is 0 Å². The van der Waals surface area contributed by atoms with Gasteiger partial charge < -0.3 is 15.6 Å². The van der Waals surface area contributed by atoms with Gasteiger partial charge in [-0.3, -0.25) is 4.79 Å². The van der Waals surface area contributed by atoms with Crippen LogP contribution in [0.25, 0.3) is 0 Å². The quantitative estimate of drug-likeness (QED) is 0.725. The van der Waals surface area contributed by atoms with Gasteiger partial charge in [-0.05, 0) is 37.0 Å². The second kappa shape index (κ2) is 5.15. The molecule has 2 aliphatic rings. The van der Waals surface area contributed by atoms with Crippen LogP contribution < -0.4 is 5.73 Å². The first-order valence-electron chi connectivity index (χ1n) is 6.23. The third-order valence-corrected chi connectivity index (χ3v) is 3.87. The Morgan fingerprint density at radius 1 is 1.31 bits per heavy atom. The Bertz CT molecular complexity index is 247. The van der Waals surface area contributed by atoms with Crippen LogP contribution in [0.4, 0.5) is 0 Å². The van der Waals surface area contributed by atoms with Gasteiger partial charge in [-0.15, -0.1) is 0 Å². The van der Waals surface area contributed by atoms with Gasteiger partial charge in [-0.1, -0.05) is 12.8 Å². The van der Waals surface area contributed by atoms with Gasteiger partial charge in [0.2, 0.25) is 5.91 Å². The summed E-state index contributed by atoms with van der Waals surface area (Å²) >= 11 is 0. The number of hydrogen-bond donors (Lipinski definition) is 2. The number of nitrogens with two attached hydrogens (primary N) is 1. The van der Waals surface area contributed by atoms with Gasteiger partial charge >= 0.3 is 0 Å². The first-order chi connectivity index (χ1) is 7.68. The molecule has 4 nitrogen and oxygen atoms in total. The fourth-order valence-electron chi connectivity index (χ4n) is 2.67. The minimum atomic E-state index is -0.969. The first-order valence-corrected chi connectivity index (χ1v) is 6.23. The lowest BCUT2D eigenvalue weighted by Gasteiger charge is -2.32. The lowest BCUT2D eigenvalue weighted by Crippen LogP contribution is -2.40. The molecule has 3 N–H and O–H groups in total. The molecular formula is C12H21NO3. The molecular weight excluding hydrogens is 206 g/mol. The van der Waals surface area contributed by atoms with Crippen molar-refractivity contribution in [1.82, 2.24) is 0 Å². The van der Waals surface area contributed by atoms with E-state index in [0.29, 0.717) is 11.8 Å². The van der Waals surface area contributed by atoms with Crippen LogP contribution in [0.3, 0.4) is 0 Å². The topological polar surface area (TPSA) is 72.6 Å². The molecule has 1 heterocycles. The molecule has 1 aliphatic carbocycles. The molecule has 0 spiro atoms. The largest absolute Gasteiger partial charge is 0.383 e. The summed E-state index contributed by atoms with van der Waals surface area (Å²) in [5, 5.41) is 9.90. The van der Waals surface area contributed by atoms with Crippen LogP contribution >= 0.6 is 0 Å². The average Bonchev–Trinajstić information content (AvgIpc) is 3.10. The highest BCUT2D eigenvalue weighted by Gasteiger charge is 2.37. The molecule has 4 heteroatoms. The molecule has 1 saturated heterocycles. The highest BCUT2D eigenvalue weighted by Crippen LogP contribution is 2.40. The SMILES string of the molecule is NC(=O)C(O)C(CC1CC1)C1CCOCC1. The van der Waals surface area contributed by atoms with Crippen LogP contribution in [0.1, 0.15) is 32.1 Å². The van der Waals surface area contributed by atoms with Gasteiger partial charge in [0.1, 0.15) is 6.10 Å². The van der Waals surface area contributed by atoms with Gasteiger partial charge in [0.05, 0.1) is 0 Å². The molecule has 0 bridgehead atoms. The zero-order valence-corrected chi connectivity index (χ0v) is 9.60. The fraction of sp³-hybridized carbons (Fsp3) is 0.917. The molecule has 92 valence electrons. The third kappa shape index (κ3) is 2.95. The molecule has 2 rings (SSSR count). The Morgan fingerprint density at radius 2 is 1.94 bits per heavy atom. The molecule has 2 unspecified atom stereocenters. The summed E-state index contributed by atoms with van der Waals surface area (Å²) in [6.07, 6.45) is 4.36. The smallest absolute Gasteiger partial charge is 0.246 e. The molecule has 0 aromatic heterocycles. The number of aliphatic hydroxyl groups is 1. The molecule has 0 aromatic rings. The molecule has 0 aromatic carbocycles. The number of ether oxygens (including phenoxy) is 1. The first kappa shape index (κ1) is 11.9. The standard InChI is InChI=1S/C12H21NO3/c13-12(15)11(14)10(7-8-1-2-8)9-3-5-16-6-4-9/h8-11,14H,1-7H2,(H2,13,15). The highest BCUT2D eigenvalue weighted by molar-refractivity contribution is 5.78. The highest BCUT2D eigenvalue weighted by atomic mass is 16.5. The summed E-state index contributed by atoms with van der Waals surface area (Å²) in [4.78, 5) is 11.1. The van der Waals surface area contributed by atoms with Gasteiger partial charge in [0.15, 0.2) is 0 Å². The van der Waals surface area contributed by atoms with Gasteiger partial charge in [0, 0.05) is 13.2 Å². The molecule has 2 atom stereocenters. The summed E-state index contributed by atoms with van der Waals surface area (Å²) in [5.41, 5.74) is 5.22. The second-order valence-corrected chi connectivity index (χ2v) is 5.14. The van der Waals surface area contributed by atoms with Gasteiger partial charge in [-0.25, -0.2) is 0 Å². The normalized spacial score (nSPS) is 26.3. The Morgan fingerprint density at radius 3 is 2.44 bits per heavy atom. The van der Waals surface area contributed by atoms with E-state index in [9.17, 15) is 9.90 Å². The molecule has 1 aliphatic heterocycles. The van der Waals surface area contributed by atoms with Crippen molar-refractivity contribution in [2.45, 2.75) is 38.2 Å². The van der Waals surface area contributed by atoms with Crippen LogP contribution in [0.5, 0.6) is 0 Å². The van der Waals surface area contributed by atoms with Crippen LogP contribution in [0.15, 0.2) is 0 Å². The molecule has 0 radical (unpaired) electrons. The lowest BCUT2D eigenvalue weighted by molar-refractivity contribution is -0.131. The zero-order chi connectivity index (χ0) is 11.5. The van der Waals surface area contributed by atoms with Crippen molar-refractivity contribution in [3.63, 3.8) is 0 Å². The monoisotopic (exact) mass is 227 g/mol. The second-order valence-electron chi connectivity index (χ2n) is 5.14. The van der Waals surface area contributed by atoms with E-state index in [4.69, 9.17) is 10.5 Å². The van der Waals surface area contributed by atoms with Crippen molar-refractivity contribution in [3.8, 4) is 0 Å². The summed E-state index contributed by atoms with van der Waals surface area (Å²) in [5.74, 6) is 0.588. The van der Waals surface area contributed by atoms with Crippen molar-refractivity contribution in [3.05, 3.63) is 0 Å². The van der Waals surface area contributed by atoms with Crippen molar-refractivity contribution < 1.29 is 14.6 Å². The maximum absolute atomic E-state index is 11.1. The van der Waals surface area contributed by atoms with E-state index in [-0.39, 0.29) is 5.92 Å². The maximum Gasteiger partial charge on any atom is 0.246 e. The van der Waals surface area contributed by atoms with E-state index >= 15 is 0 Å². The third-order valence-electron chi connectivity index (χ3n) is 3.87.